The van der Waals surface area contributed by atoms with Gasteiger partial charge in [0.15, 0.2) is 0 Å². The van der Waals surface area contributed by atoms with Crippen LogP contribution in [0.25, 0.3) is 0 Å². The summed E-state index contributed by atoms with van der Waals surface area (Å²) in [7, 11) is 3.38. The zero-order valence-corrected chi connectivity index (χ0v) is 18.6. The van der Waals surface area contributed by atoms with Gasteiger partial charge < -0.3 is 29.9 Å². The molecule has 0 saturated carbocycles. The average Bonchev–Trinajstić information content (AvgIpc) is 3.32. The van der Waals surface area contributed by atoms with Gasteiger partial charge in [-0.25, -0.2) is 0 Å². The average molecular weight is 431 g/mol. The van der Waals surface area contributed by atoms with E-state index in [1.54, 1.807) is 20.4 Å². The minimum atomic E-state index is 0.513. The van der Waals surface area contributed by atoms with Gasteiger partial charge in [-0.3, -0.25) is 4.98 Å². The van der Waals surface area contributed by atoms with Crippen molar-refractivity contribution in [2.24, 2.45) is 0 Å². The number of rotatable bonds is 14. The summed E-state index contributed by atoms with van der Waals surface area (Å²) in [5.74, 6) is 1.67. The topological polar surface area (TPSA) is 101 Å². The van der Waals surface area contributed by atoms with Gasteiger partial charge in [0.25, 0.3) is 0 Å². The van der Waals surface area contributed by atoms with Crippen LogP contribution in [0.1, 0.15) is 18.5 Å². The molecule has 2 aromatic rings. The Morgan fingerprint density at radius 1 is 0.968 bits per heavy atom. The number of hydrogen-bond acceptors (Lipinski definition) is 10. The third kappa shape index (κ3) is 7.89. The lowest BCUT2D eigenvalue weighted by molar-refractivity contribution is 0.189. The molecule has 1 fully saturated rings. The molecule has 0 radical (unpaired) electrons. The SMILES string of the molecule is COCCN(CCOC)c1nc(NCCN2CCCC2)nc(NCc2ccccn2)n1. The highest BCUT2D eigenvalue weighted by molar-refractivity contribution is 5.44. The Hall–Kier alpha value is -2.56. The van der Waals surface area contributed by atoms with Crippen LogP contribution in [-0.2, 0) is 16.0 Å². The summed E-state index contributed by atoms with van der Waals surface area (Å²) in [5, 5.41) is 6.64. The smallest absolute Gasteiger partial charge is 0.232 e. The summed E-state index contributed by atoms with van der Waals surface area (Å²) >= 11 is 0. The molecule has 0 unspecified atom stereocenters. The first-order valence-electron chi connectivity index (χ1n) is 10.9. The fourth-order valence-corrected chi connectivity index (χ4v) is 3.38. The number of nitrogens with zero attached hydrogens (tertiary/aromatic N) is 6. The van der Waals surface area contributed by atoms with Crippen molar-refractivity contribution in [3.63, 3.8) is 0 Å². The summed E-state index contributed by atoms with van der Waals surface area (Å²) < 4.78 is 10.5. The van der Waals surface area contributed by atoms with Crippen molar-refractivity contribution in [3.8, 4) is 0 Å². The maximum atomic E-state index is 5.26. The first-order valence-corrected chi connectivity index (χ1v) is 10.9. The molecule has 1 saturated heterocycles. The zero-order valence-electron chi connectivity index (χ0n) is 18.6. The van der Waals surface area contributed by atoms with Crippen LogP contribution in [-0.4, -0.2) is 91.5 Å². The molecule has 3 heterocycles. The Balaban J connectivity index is 1.72. The number of likely N-dealkylation sites (tertiary alicyclic amines) is 1. The van der Waals surface area contributed by atoms with Crippen molar-refractivity contribution in [3.05, 3.63) is 30.1 Å². The molecule has 170 valence electrons. The summed E-state index contributed by atoms with van der Waals surface area (Å²) in [6.45, 7) is 7.12. The highest BCUT2D eigenvalue weighted by Crippen LogP contribution is 2.15. The van der Waals surface area contributed by atoms with Crippen LogP contribution >= 0.6 is 0 Å². The van der Waals surface area contributed by atoms with E-state index in [1.807, 2.05) is 23.1 Å². The van der Waals surface area contributed by atoms with Crippen LogP contribution < -0.4 is 15.5 Å². The fraction of sp³-hybridized carbons (Fsp3) is 0.619. The Kier molecular flexibility index (Phi) is 9.68. The summed E-state index contributed by atoms with van der Waals surface area (Å²) in [4.78, 5) is 22.7. The summed E-state index contributed by atoms with van der Waals surface area (Å²) in [5.41, 5.74) is 0.920. The number of methoxy groups -OCH3 is 2. The van der Waals surface area contributed by atoms with Gasteiger partial charge in [0, 0.05) is 46.6 Å². The number of hydrogen-bond donors (Lipinski definition) is 2. The second-order valence-electron chi connectivity index (χ2n) is 7.41. The van der Waals surface area contributed by atoms with E-state index in [1.165, 1.54) is 25.9 Å². The second kappa shape index (κ2) is 13.0. The third-order valence-electron chi connectivity index (χ3n) is 5.10. The predicted molar refractivity (Wildman–Crippen MR) is 122 cm³/mol. The quantitative estimate of drug-likeness (QED) is 0.458. The molecule has 3 rings (SSSR count). The van der Waals surface area contributed by atoms with Crippen molar-refractivity contribution in [1.82, 2.24) is 24.8 Å². The van der Waals surface area contributed by atoms with Crippen LogP contribution in [0.15, 0.2) is 24.4 Å². The highest BCUT2D eigenvalue weighted by atomic mass is 16.5. The Labute approximate surface area is 184 Å². The van der Waals surface area contributed by atoms with Gasteiger partial charge in [-0.05, 0) is 38.1 Å². The van der Waals surface area contributed by atoms with E-state index >= 15 is 0 Å². The van der Waals surface area contributed by atoms with Crippen LogP contribution in [0.3, 0.4) is 0 Å². The molecule has 31 heavy (non-hydrogen) atoms. The van der Waals surface area contributed by atoms with Gasteiger partial charge in [-0.15, -0.1) is 0 Å². The lowest BCUT2D eigenvalue weighted by Crippen LogP contribution is -2.33. The van der Waals surface area contributed by atoms with Gasteiger partial charge in [0.05, 0.1) is 25.5 Å². The molecule has 0 aliphatic carbocycles. The highest BCUT2D eigenvalue weighted by Gasteiger charge is 2.15. The maximum absolute atomic E-state index is 5.26. The van der Waals surface area contributed by atoms with Gasteiger partial charge in [-0.2, -0.15) is 15.0 Å². The van der Waals surface area contributed by atoms with Gasteiger partial charge in [0.1, 0.15) is 0 Å². The van der Waals surface area contributed by atoms with Gasteiger partial charge in [0.2, 0.25) is 17.8 Å². The van der Waals surface area contributed by atoms with Gasteiger partial charge >= 0.3 is 0 Å². The molecule has 2 aromatic heterocycles. The van der Waals surface area contributed by atoms with E-state index < -0.39 is 0 Å². The lowest BCUT2D eigenvalue weighted by Gasteiger charge is -2.23. The van der Waals surface area contributed by atoms with Crippen molar-refractivity contribution < 1.29 is 9.47 Å². The molecule has 10 nitrogen and oxygen atoms in total. The number of anilines is 3. The summed E-state index contributed by atoms with van der Waals surface area (Å²) in [6.07, 6.45) is 4.34. The number of aromatic nitrogens is 4. The first-order chi connectivity index (χ1) is 15.3. The third-order valence-corrected chi connectivity index (χ3v) is 5.10. The van der Waals surface area contributed by atoms with E-state index in [2.05, 4.69) is 35.5 Å². The summed E-state index contributed by atoms with van der Waals surface area (Å²) in [6, 6.07) is 5.83. The van der Waals surface area contributed by atoms with Crippen molar-refractivity contribution in [2.75, 3.05) is 82.2 Å². The van der Waals surface area contributed by atoms with Crippen LogP contribution in [0.4, 0.5) is 17.8 Å². The second-order valence-corrected chi connectivity index (χ2v) is 7.41. The molecule has 10 heteroatoms. The van der Waals surface area contributed by atoms with E-state index in [0.717, 1.165) is 18.8 Å². The minimum absolute atomic E-state index is 0.513. The fourth-order valence-electron chi connectivity index (χ4n) is 3.38. The van der Waals surface area contributed by atoms with E-state index in [4.69, 9.17) is 9.47 Å². The van der Waals surface area contributed by atoms with Crippen molar-refractivity contribution in [2.45, 2.75) is 19.4 Å². The normalized spacial score (nSPS) is 14.0. The van der Waals surface area contributed by atoms with Gasteiger partial charge in [-0.1, -0.05) is 6.07 Å². The molecule has 0 atom stereocenters. The van der Waals surface area contributed by atoms with Crippen molar-refractivity contribution in [1.29, 1.82) is 0 Å². The largest absolute Gasteiger partial charge is 0.383 e. The number of nitrogens with one attached hydrogen (secondary N) is 2. The van der Waals surface area contributed by atoms with Crippen LogP contribution in [0, 0.1) is 0 Å². The van der Waals surface area contributed by atoms with Crippen LogP contribution in [0.5, 0.6) is 0 Å². The minimum Gasteiger partial charge on any atom is -0.383 e. The lowest BCUT2D eigenvalue weighted by atomic mass is 10.3. The zero-order chi connectivity index (χ0) is 21.7. The maximum Gasteiger partial charge on any atom is 0.232 e. The molecular weight excluding hydrogens is 396 g/mol. The molecule has 0 spiro atoms. The molecule has 2 N–H and O–H groups in total. The molecule has 1 aliphatic heterocycles. The standard InChI is InChI=1S/C21H34N8O2/c1-30-15-13-29(14-16-31-2)21-26-19(23-9-12-28-10-5-6-11-28)25-20(27-21)24-17-18-7-3-4-8-22-18/h3-4,7-8H,5-6,9-17H2,1-2H3,(H2,23,24,25,26,27). The van der Waals surface area contributed by atoms with Crippen LogP contribution in [0.2, 0.25) is 0 Å². The Morgan fingerprint density at radius 2 is 1.68 bits per heavy atom. The molecule has 0 aromatic carbocycles. The Bertz CT molecular complexity index is 750. The monoisotopic (exact) mass is 430 g/mol. The first kappa shape index (κ1) is 23.1. The Morgan fingerprint density at radius 3 is 2.32 bits per heavy atom. The molecule has 0 bridgehead atoms. The van der Waals surface area contributed by atoms with E-state index in [0.29, 0.717) is 50.7 Å². The van der Waals surface area contributed by atoms with Crippen molar-refractivity contribution >= 4 is 17.8 Å². The number of pyridine rings is 1. The molecule has 1 aliphatic rings. The molecular formula is C21H34N8O2. The number of ether oxygens (including phenoxy) is 2. The van der Waals surface area contributed by atoms with E-state index in [-0.39, 0.29) is 0 Å². The predicted octanol–water partition coefficient (Wildman–Crippen LogP) is 1.49. The van der Waals surface area contributed by atoms with E-state index in [9.17, 15) is 0 Å². The molecule has 0 amide bonds.